The first-order valence-electron chi connectivity index (χ1n) is 9.03. The highest BCUT2D eigenvalue weighted by atomic mass is 32.1. The Balaban J connectivity index is 1.40. The number of hydrogen-bond donors (Lipinski definition) is 3. The zero-order chi connectivity index (χ0) is 20.9. The van der Waals surface area contributed by atoms with Gasteiger partial charge < -0.3 is 0 Å². The van der Waals surface area contributed by atoms with Crippen molar-refractivity contribution in [3.05, 3.63) is 93.7 Å². The largest absolute Gasteiger partial charge is 0.290 e. The van der Waals surface area contributed by atoms with Crippen molar-refractivity contribution in [1.82, 2.24) is 21.0 Å². The predicted molar refractivity (Wildman–Crippen MR) is 117 cm³/mol. The lowest BCUT2D eigenvalue weighted by molar-refractivity contribution is -0.117. The van der Waals surface area contributed by atoms with Crippen molar-refractivity contribution in [3.63, 3.8) is 0 Å². The second-order valence-corrected chi connectivity index (χ2v) is 7.41. The van der Waals surface area contributed by atoms with Gasteiger partial charge in [-0.15, -0.1) is 11.3 Å². The lowest BCUT2D eigenvalue weighted by atomic mass is 10.1. The number of thiophene rings is 1. The van der Waals surface area contributed by atoms with Crippen LogP contribution in [0.5, 0.6) is 0 Å². The average Bonchev–Trinajstić information content (AvgIpc) is 3.26. The second kappa shape index (κ2) is 8.54. The van der Waals surface area contributed by atoms with Gasteiger partial charge in [0.2, 0.25) is 0 Å². The number of benzene rings is 2. The fourth-order valence-electron chi connectivity index (χ4n) is 2.86. The van der Waals surface area contributed by atoms with E-state index in [9.17, 15) is 14.4 Å². The highest BCUT2D eigenvalue weighted by molar-refractivity contribution is 7.16. The molecule has 0 atom stereocenters. The van der Waals surface area contributed by atoms with E-state index in [2.05, 4.69) is 21.0 Å². The molecule has 0 bridgehead atoms. The normalized spacial score (nSPS) is 10.9. The van der Waals surface area contributed by atoms with Crippen LogP contribution in [-0.4, -0.2) is 22.0 Å². The molecule has 4 aromatic rings. The van der Waals surface area contributed by atoms with Crippen molar-refractivity contribution in [2.45, 2.75) is 0 Å². The summed E-state index contributed by atoms with van der Waals surface area (Å²) in [6.07, 6.45) is 3.01. The Bertz CT molecular complexity index is 1310. The molecule has 148 valence electrons. The number of aromatic nitrogens is 2. The minimum absolute atomic E-state index is 0.0141. The van der Waals surface area contributed by atoms with Crippen molar-refractivity contribution >= 4 is 40.0 Å². The lowest BCUT2D eigenvalue weighted by Crippen LogP contribution is -2.41. The number of carbonyl (C=O) groups excluding carboxylic acids is 2. The SMILES string of the molecule is O=C(/C=C/c1ccc(-c2ccccc2)s1)NNC(=O)c1n[nH]c(=O)c2ccccc12. The number of fused-ring (bicyclic) bond motifs is 1. The maximum absolute atomic E-state index is 12.4. The molecule has 0 saturated heterocycles. The quantitative estimate of drug-likeness (QED) is 0.351. The van der Waals surface area contributed by atoms with Gasteiger partial charge in [-0.05, 0) is 29.8 Å². The number of H-pyrrole nitrogens is 1. The Labute approximate surface area is 175 Å². The molecule has 7 nitrogen and oxygen atoms in total. The van der Waals surface area contributed by atoms with E-state index in [-0.39, 0.29) is 11.3 Å². The molecule has 0 aliphatic heterocycles. The summed E-state index contributed by atoms with van der Waals surface area (Å²) in [5.41, 5.74) is 5.36. The molecule has 2 aromatic carbocycles. The number of amides is 2. The van der Waals surface area contributed by atoms with Gasteiger partial charge in [-0.3, -0.25) is 25.2 Å². The van der Waals surface area contributed by atoms with Crippen LogP contribution in [0.1, 0.15) is 15.4 Å². The molecule has 0 radical (unpaired) electrons. The molecule has 2 amide bonds. The first-order valence-corrected chi connectivity index (χ1v) is 9.84. The Kier molecular flexibility index (Phi) is 5.49. The van der Waals surface area contributed by atoms with Crippen LogP contribution >= 0.6 is 11.3 Å². The van der Waals surface area contributed by atoms with Crippen LogP contribution in [0.3, 0.4) is 0 Å². The van der Waals surface area contributed by atoms with E-state index in [4.69, 9.17) is 0 Å². The van der Waals surface area contributed by atoms with Gasteiger partial charge in [0, 0.05) is 21.2 Å². The van der Waals surface area contributed by atoms with Crippen LogP contribution in [0.2, 0.25) is 0 Å². The summed E-state index contributed by atoms with van der Waals surface area (Å²) in [6.45, 7) is 0. The maximum Gasteiger partial charge on any atom is 0.290 e. The molecule has 0 aliphatic carbocycles. The van der Waals surface area contributed by atoms with Crippen LogP contribution in [0.4, 0.5) is 0 Å². The molecule has 0 fully saturated rings. The third-order valence-electron chi connectivity index (χ3n) is 4.29. The fourth-order valence-corrected chi connectivity index (χ4v) is 3.78. The topological polar surface area (TPSA) is 104 Å². The first-order chi connectivity index (χ1) is 14.6. The molecule has 3 N–H and O–H groups in total. The van der Waals surface area contributed by atoms with Crippen molar-refractivity contribution in [2.24, 2.45) is 0 Å². The van der Waals surface area contributed by atoms with Crippen LogP contribution in [0, 0.1) is 0 Å². The zero-order valence-corrected chi connectivity index (χ0v) is 16.4. The molecule has 2 heterocycles. The van der Waals surface area contributed by atoms with Gasteiger partial charge in [-0.2, -0.15) is 5.10 Å². The number of hydrazine groups is 1. The maximum atomic E-state index is 12.4. The van der Waals surface area contributed by atoms with Gasteiger partial charge in [0.05, 0.1) is 5.39 Å². The summed E-state index contributed by atoms with van der Waals surface area (Å²) in [4.78, 5) is 38.2. The standard InChI is InChI=1S/C22H16N4O3S/c27-19(13-11-15-10-12-18(30-15)14-6-2-1-3-7-14)23-26-22(29)20-16-8-4-5-9-17(16)21(28)25-24-20/h1-13H,(H,23,27)(H,25,28)(H,26,29)/b13-11+. The molecule has 0 saturated carbocycles. The highest BCUT2D eigenvalue weighted by Gasteiger charge is 2.14. The third-order valence-corrected chi connectivity index (χ3v) is 5.39. The highest BCUT2D eigenvalue weighted by Crippen LogP contribution is 2.28. The molecule has 2 aromatic heterocycles. The Morgan fingerprint density at radius 2 is 1.63 bits per heavy atom. The summed E-state index contributed by atoms with van der Waals surface area (Å²) in [5, 5.41) is 6.82. The van der Waals surface area contributed by atoms with E-state index >= 15 is 0 Å². The van der Waals surface area contributed by atoms with E-state index in [1.165, 1.54) is 6.08 Å². The molecule has 0 spiro atoms. The monoisotopic (exact) mass is 416 g/mol. The van der Waals surface area contributed by atoms with Crippen LogP contribution in [0.15, 0.2) is 77.6 Å². The number of nitrogens with one attached hydrogen (secondary N) is 3. The molecule has 30 heavy (non-hydrogen) atoms. The predicted octanol–water partition coefficient (Wildman–Crippen LogP) is 3.13. The minimum Gasteiger partial charge on any atom is -0.268 e. The van der Waals surface area contributed by atoms with E-state index in [0.717, 1.165) is 15.3 Å². The Hall–Kier alpha value is -4.04. The number of rotatable bonds is 4. The van der Waals surface area contributed by atoms with Crippen molar-refractivity contribution in [2.75, 3.05) is 0 Å². The average molecular weight is 416 g/mol. The van der Waals surface area contributed by atoms with Gasteiger partial charge in [-0.25, -0.2) is 5.10 Å². The van der Waals surface area contributed by atoms with Crippen LogP contribution in [-0.2, 0) is 4.79 Å². The minimum atomic E-state index is -0.633. The lowest BCUT2D eigenvalue weighted by Gasteiger charge is -2.06. The van der Waals surface area contributed by atoms with Crippen LogP contribution in [0.25, 0.3) is 27.3 Å². The molecular weight excluding hydrogens is 400 g/mol. The number of hydrogen-bond acceptors (Lipinski definition) is 5. The van der Waals surface area contributed by atoms with Gasteiger partial charge in [-0.1, -0.05) is 48.5 Å². The molecule has 8 heteroatoms. The first kappa shape index (κ1) is 19.3. The van der Waals surface area contributed by atoms with Gasteiger partial charge >= 0.3 is 0 Å². The third kappa shape index (κ3) is 4.18. The fraction of sp³-hybridized carbons (Fsp3) is 0. The summed E-state index contributed by atoms with van der Waals surface area (Å²) in [6, 6.07) is 20.5. The van der Waals surface area contributed by atoms with Gasteiger partial charge in [0.1, 0.15) is 0 Å². The number of nitrogens with zero attached hydrogens (tertiary/aromatic N) is 1. The van der Waals surface area contributed by atoms with E-state index in [0.29, 0.717) is 10.8 Å². The van der Waals surface area contributed by atoms with E-state index in [1.54, 1.807) is 41.7 Å². The van der Waals surface area contributed by atoms with Gasteiger partial charge in [0.15, 0.2) is 5.69 Å². The Morgan fingerprint density at radius 1 is 0.900 bits per heavy atom. The number of carbonyl (C=O) groups is 2. The Morgan fingerprint density at radius 3 is 2.43 bits per heavy atom. The van der Waals surface area contributed by atoms with E-state index in [1.807, 2.05) is 42.5 Å². The second-order valence-electron chi connectivity index (χ2n) is 6.29. The molecule has 0 unspecified atom stereocenters. The summed E-state index contributed by atoms with van der Waals surface area (Å²) >= 11 is 1.55. The van der Waals surface area contributed by atoms with Crippen LogP contribution < -0.4 is 16.4 Å². The van der Waals surface area contributed by atoms with E-state index < -0.39 is 11.8 Å². The number of aromatic amines is 1. The molecule has 4 rings (SSSR count). The van der Waals surface area contributed by atoms with Crippen molar-refractivity contribution in [3.8, 4) is 10.4 Å². The smallest absolute Gasteiger partial charge is 0.268 e. The van der Waals surface area contributed by atoms with Crippen molar-refractivity contribution < 1.29 is 9.59 Å². The van der Waals surface area contributed by atoms with Crippen molar-refractivity contribution in [1.29, 1.82) is 0 Å². The zero-order valence-electron chi connectivity index (χ0n) is 15.6. The molecule has 0 aliphatic rings. The molecular formula is C22H16N4O3S. The summed E-state index contributed by atoms with van der Waals surface area (Å²) < 4.78 is 0. The summed E-state index contributed by atoms with van der Waals surface area (Å²) in [7, 11) is 0. The summed E-state index contributed by atoms with van der Waals surface area (Å²) in [5.74, 6) is -1.13. The van der Waals surface area contributed by atoms with Gasteiger partial charge in [0.25, 0.3) is 17.4 Å².